The molecule has 0 radical (unpaired) electrons. The summed E-state index contributed by atoms with van der Waals surface area (Å²) >= 11 is 2.28. The molecule has 5 heteroatoms. The molecule has 1 heterocycles. The van der Waals surface area contributed by atoms with Crippen LogP contribution in [-0.4, -0.2) is 11.5 Å². The number of rotatable bonds is 4. The highest BCUT2D eigenvalue weighted by molar-refractivity contribution is 14.1. The predicted octanol–water partition coefficient (Wildman–Crippen LogP) is 3.76. The Hall–Kier alpha value is -1.89. The molecule has 2 aromatic carbocycles. The van der Waals surface area contributed by atoms with E-state index >= 15 is 0 Å². The number of hydrogen-bond donors (Lipinski definition) is 1. The number of nitrogens with one attached hydrogen (secondary N) is 1. The van der Waals surface area contributed by atoms with Gasteiger partial charge in [-0.1, -0.05) is 24.3 Å². The molecule has 0 saturated carbocycles. The lowest BCUT2D eigenvalue weighted by Gasteiger charge is -2.06. The Labute approximate surface area is 141 Å². The minimum atomic E-state index is -0.347. The molecule has 0 bridgehead atoms. The van der Waals surface area contributed by atoms with Gasteiger partial charge in [0.1, 0.15) is 0 Å². The third kappa shape index (κ3) is 3.30. The van der Waals surface area contributed by atoms with Gasteiger partial charge < -0.3 is 9.73 Å². The fourth-order valence-electron chi connectivity index (χ4n) is 2.32. The fourth-order valence-corrected chi connectivity index (χ4v) is 2.68. The molecular formula is C17H15IN2O2. The standard InChI is InChI=1S/C17H15IN2O2/c1-11-3-2-4-14-15(11)16(21)22-17(20-14)19-10-9-12-5-7-13(18)8-6-12/h2-8H,9-10H2,1H3,(H,19,20). The van der Waals surface area contributed by atoms with Gasteiger partial charge in [-0.3, -0.25) is 0 Å². The lowest BCUT2D eigenvalue weighted by Crippen LogP contribution is -2.11. The van der Waals surface area contributed by atoms with Crippen LogP contribution in [0.5, 0.6) is 0 Å². The Morgan fingerprint density at radius 1 is 1.18 bits per heavy atom. The van der Waals surface area contributed by atoms with Crippen LogP contribution in [0.4, 0.5) is 6.01 Å². The van der Waals surface area contributed by atoms with Crippen LogP contribution in [0, 0.1) is 10.5 Å². The monoisotopic (exact) mass is 406 g/mol. The second kappa shape index (κ2) is 6.48. The third-order valence-corrected chi connectivity index (χ3v) is 4.19. The van der Waals surface area contributed by atoms with E-state index in [9.17, 15) is 4.79 Å². The van der Waals surface area contributed by atoms with Gasteiger partial charge in [-0.25, -0.2) is 4.79 Å². The summed E-state index contributed by atoms with van der Waals surface area (Å²) in [6.45, 7) is 2.54. The summed E-state index contributed by atoms with van der Waals surface area (Å²) in [6, 6.07) is 14.2. The Kier molecular flexibility index (Phi) is 4.42. The zero-order valence-electron chi connectivity index (χ0n) is 12.1. The molecule has 0 aliphatic heterocycles. The van der Waals surface area contributed by atoms with Gasteiger partial charge in [0, 0.05) is 10.1 Å². The van der Waals surface area contributed by atoms with Gasteiger partial charge >= 0.3 is 5.63 Å². The van der Waals surface area contributed by atoms with Gasteiger partial charge in [0.05, 0.1) is 10.9 Å². The number of halogens is 1. The smallest absolute Gasteiger partial charge is 0.348 e. The summed E-state index contributed by atoms with van der Waals surface area (Å²) in [4.78, 5) is 16.4. The number of fused-ring (bicyclic) bond motifs is 1. The molecule has 1 aromatic heterocycles. The number of aromatic nitrogens is 1. The third-order valence-electron chi connectivity index (χ3n) is 3.47. The Morgan fingerprint density at radius 2 is 1.95 bits per heavy atom. The first kappa shape index (κ1) is 15.0. The van der Waals surface area contributed by atoms with Crippen LogP contribution in [0.2, 0.25) is 0 Å². The summed E-state index contributed by atoms with van der Waals surface area (Å²) < 4.78 is 6.46. The van der Waals surface area contributed by atoms with Crippen LogP contribution < -0.4 is 10.9 Å². The van der Waals surface area contributed by atoms with Gasteiger partial charge in [0.15, 0.2) is 0 Å². The van der Waals surface area contributed by atoms with E-state index in [1.165, 1.54) is 9.13 Å². The SMILES string of the molecule is Cc1cccc2nc(NCCc3ccc(I)cc3)oc(=O)c12. The van der Waals surface area contributed by atoms with Crippen molar-refractivity contribution in [2.75, 3.05) is 11.9 Å². The highest BCUT2D eigenvalue weighted by Gasteiger charge is 2.07. The van der Waals surface area contributed by atoms with E-state index in [4.69, 9.17) is 4.42 Å². The van der Waals surface area contributed by atoms with E-state index in [0.717, 1.165) is 12.0 Å². The second-order valence-electron chi connectivity index (χ2n) is 5.08. The predicted molar refractivity (Wildman–Crippen MR) is 96.4 cm³/mol. The molecule has 0 aliphatic carbocycles. The highest BCUT2D eigenvalue weighted by atomic mass is 127. The van der Waals surface area contributed by atoms with Crippen molar-refractivity contribution in [2.24, 2.45) is 0 Å². The maximum atomic E-state index is 12.0. The van der Waals surface area contributed by atoms with Crippen LogP contribution in [0.25, 0.3) is 10.9 Å². The van der Waals surface area contributed by atoms with Crippen molar-refractivity contribution in [3.05, 3.63) is 67.6 Å². The van der Waals surface area contributed by atoms with Crippen LogP contribution in [0.3, 0.4) is 0 Å². The molecule has 0 unspecified atom stereocenters. The van der Waals surface area contributed by atoms with Crippen molar-refractivity contribution in [3.8, 4) is 0 Å². The molecule has 1 N–H and O–H groups in total. The first-order valence-electron chi connectivity index (χ1n) is 7.02. The molecular weight excluding hydrogens is 391 g/mol. The average Bonchev–Trinajstić information content (AvgIpc) is 2.49. The van der Waals surface area contributed by atoms with Gasteiger partial charge in [0.2, 0.25) is 0 Å². The number of benzene rings is 2. The van der Waals surface area contributed by atoms with Crippen molar-refractivity contribution in [1.82, 2.24) is 4.98 Å². The van der Waals surface area contributed by atoms with Crippen LogP contribution in [0.15, 0.2) is 51.7 Å². The van der Waals surface area contributed by atoms with Crippen LogP contribution in [0.1, 0.15) is 11.1 Å². The van der Waals surface area contributed by atoms with Crippen molar-refractivity contribution in [1.29, 1.82) is 0 Å². The quantitative estimate of drug-likeness (QED) is 0.671. The van der Waals surface area contributed by atoms with Crippen LogP contribution >= 0.6 is 22.6 Å². The first-order chi connectivity index (χ1) is 10.6. The largest absolute Gasteiger partial charge is 0.389 e. The summed E-state index contributed by atoms with van der Waals surface area (Å²) in [5.41, 5.74) is 2.42. The minimum Gasteiger partial charge on any atom is -0.389 e. The maximum absolute atomic E-state index is 12.0. The van der Waals surface area contributed by atoms with Crippen LogP contribution in [-0.2, 0) is 6.42 Å². The summed E-state index contributed by atoms with van der Waals surface area (Å²) in [6.07, 6.45) is 0.841. The summed E-state index contributed by atoms with van der Waals surface area (Å²) in [5.74, 6) is 0. The van der Waals surface area contributed by atoms with Gasteiger partial charge in [-0.2, -0.15) is 4.98 Å². The number of hydrogen-bond acceptors (Lipinski definition) is 4. The molecule has 4 nitrogen and oxygen atoms in total. The topological polar surface area (TPSA) is 55.1 Å². The Balaban J connectivity index is 1.74. The number of nitrogens with zero attached hydrogens (tertiary/aromatic N) is 1. The number of anilines is 1. The van der Waals surface area contributed by atoms with E-state index in [1.54, 1.807) is 0 Å². The highest BCUT2D eigenvalue weighted by Crippen LogP contribution is 2.14. The molecule has 0 fully saturated rings. The maximum Gasteiger partial charge on any atom is 0.348 e. The first-order valence-corrected chi connectivity index (χ1v) is 8.10. The molecule has 0 amide bonds. The molecule has 0 saturated heterocycles. The molecule has 112 valence electrons. The Morgan fingerprint density at radius 3 is 2.73 bits per heavy atom. The van der Waals surface area contributed by atoms with Crippen molar-refractivity contribution < 1.29 is 4.42 Å². The summed E-state index contributed by atoms with van der Waals surface area (Å²) in [5, 5.41) is 3.63. The minimum absolute atomic E-state index is 0.272. The lowest BCUT2D eigenvalue weighted by molar-refractivity contribution is 0.516. The van der Waals surface area contributed by atoms with E-state index < -0.39 is 0 Å². The molecule has 3 rings (SSSR count). The zero-order valence-corrected chi connectivity index (χ0v) is 14.3. The normalized spacial score (nSPS) is 10.8. The Bertz CT molecular complexity index is 857. The molecule has 22 heavy (non-hydrogen) atoms. The van der Waals surface area contributed by atoms with Crippen molar-refractivity contribution in [3.63, 3.8) is 0 Å². The number of aryl methyl sites for hydroxylation is 1. The second-order valence-corrected chi connectivity index (χ2v) is 6.32. The fraction of sp³-hybridized carbons (Fsp3) is 0.176. The van der Waals surface area contributed by atoms with E-state index in [2.05, 4.69) is 57.2 Å². The average molecular weight is 406 g/mol. The van der Waals surface area contributed by atoms with Crippen molar-refractivity contribution >= 4 is 39.5 Å². The van der Waals surface area contributed by atoms with E-state index in [1.807, 2.05) is 25.1 Å². The molecule has 0 spiro atoms. The van der Waals surface area contributed by atoms with Crippen molar-refractivity contribution in [2.45, 2.75) is 13.3 Å². The lowest BCUT2D eigenvalue weighted by atomic mass is 10.1. The van der Waals surface area contributed by atoms with Gasteiger partial charge in [0.25, 0.3) is 6.01 Å². The van der Waals surface area contributed by atoms with Gasteiger partial charge in [-0.05, 0) is 65.3 Å². The summed E-state index contributed by atoms with van der Waals surface area (Å²) in [7, 11) is 0. The zero-order chi connectivity index (χ0) is 15.5. The van der Waals surface area contributed by atoms with E-state index in [0.29, 0.717) is 17.4 Å². The molecule has 3 aromatic rings. The van der Waals surface area contributed by atoms with Gasteiger partial charge in [-0.15, -0.1) is 0 Å². The van der Waals surface area contributed by atoms with E-state index in [-0.39, 0.29) is 11.6 Å². The molecule has 0 atom stereocenters. The molecule has 0 aliphatic rings.